The first kappa shape index (κ1) is 23.7. The molecule has 0 amide bonds. The normalized spacial score (nSPS) is 10.7. The summed E-state index contributed by atoms with van der Waals surface area (Å²) in [5, 5.41) is 4.39. The molecule has 164 valence electrons. The first-order chi connectivity index (χ1) is 15.1. The van der Waals surface area contributed by atoms with Gasteiger partial charge in [-0.05, 0) is 48.4 Å². The van der Waals surface area contributed by atoms with Crippen LogP contribution in [0.25, 0.3) is 0 Å². The van der Waals surface area contributed by atoms with E-state index < -0.39 is 0 Å². The highest BCUT2D eigenvalue weighted by molar-refractivity contribution is 9.10. The molecule has 0 unspecified atom stereocenters. The fourth-order valence-electron chi connectivity index (χ4n) is 2.77. The van der Waals surface area contributed by atoms with Gasteiger partial charge in [-0.1, -0.05) is 51.3 Å². The lowest BCUT2D eigenvalue weighted by Crippen LogP contribution is -2.21. The number of ether oxygens (including phenoxy) is 3. The molecule has 1 heterocycles. The van der Waals surface area contributed by atoms with Crippen molar-refractivity contribution in [1.29, 1.82) is 0 Å². The summed E-state index contributed by atoms with van der Waals surface area (Å²) in [4.78, 5) is 4.14. The summed E-state index contributed by atoms with van der Waals surface area (Å²) in [6, 6.07) is 14.9. The Morgan fingerprint density at radius 3 is 2.55 bits per heavy atom. The van der Waals surface area contributed by atoms with Crippen molar-refractivity contribution >= 4 is 39.1 Å². The van der Waals surface area contributed by atoms with Gasteiger partial charge < -0.3 is 19.5 Å². The molecule has 0 aliphatic carbocycles. The first-order valence-corrected chi connectivity index (χ1v) is 11.4. The predicted octanol–water partition coefficient (Wildman–Crippen LogP) is 6.30. The summed E-state index contributed by atoms with van der Waals surface area (Å²) in [6.07, 6.45) is 1.71. The number of nitrogens with one attached hydrogen (secondary N) is 1. The molecule has 0 saturated heterocycles. The third kappa shape index (κ3) is 7.28. The summed E-state index contributed by atoms with van der Waals surface area (Å²) in [5.74, 6) is 1.96. The number of aromatic nitrogens is 1. The monoisotopic (exact) mass is 524 g/mol. The van der Waals surface area contributed by atoms with Crippen LogP contribution in [0.3, 0.4) is 0 Å². The maximum atomic E-state index is 6.09. The van der Waals surface area contributed by atoms with E-state index in [4.69, 9.17) is 37.4 Å². The Labute approximate surface area is 200 Å². The van der Waals surface area contributed by atoms with E-state index in [1.807, 2.05) is 43.3 Å². The third-order valence-electron chi connectivity index (χ3n) is 4.27. The van der Waals surface area contributed by atoms with E-state index in [9.17, 15) is 0 Å². The van der Waals surface area contributed by atoms with Gasteiger partial charge in [0.25, 0.3) is 0 Å². The highest BCUT2D eigenvalue weighted by atomic mass is 79.9. The molecule has 2 aromatic carbocycles. The van der Waals surface area contributed by atoms with Crippen LogP contribution in [0.15, 0.2) is 59.2 Å². The minimum atomic E-state index is 0.353. The second kappa shape index (κ2) is 12.2. The molecule has 0 radical (unpaired) electrons. The largest absolute Gasteiger partial charge is 0.490 e. The molecule has 0 bridgehead atoms. The number of hydrogen-bond acceptors (Lipinski definition) is 5. The second-order valence-corrected chi connectivity index (χ2v) is 8.22. The Balaban J connectivity index is 1.57. The van der Waals surface area contributed by atoms with Gasteiger partial charge in [-0.15, -0.1) is 0 Å². The number of nitrogens with zero attached hydrogens (tertiary/aromatic N) is 1. The van der Waals surface area contributed by atoms with Gasteiger partial charge in [0.1, 0.15) is 13.2 Å². The van der Waals surface area contributed by atoms with Crippen LogP contribution in [-0.2, 0) is 13.2 Å². The molecule has 0 spiro atoms. The summed E-state index contributed by atoms with van der Waals surface area (Å²) < 4.78 is 18.3. The van der Waals surface area contributed by atoms with Gasteiger partial charge in [0, 0.05) is 29.8 Å². The van der Waals surface area contributed by atoms with Crippen molar-refractivity contribution in [2.45, 2.75) is 20.1 Å². The van der Waals surface area contributed by atoms with Crippen LogP contribution in [0, 0.1) is 0 Å². The smallest absolute Gasteiger partial charge is 0.213 e. The van der Waals surface area contributed by atoms with Gasteiger partial charge in [-0.3, -0.25) is 0 Å². The zero-order valence-electron chi connectivity index (χ0n) is 17.0. The number of rotatable bonds is 11. The van der Waals surface area contributed by atoms with Crippen molar-refractivity contribution in [3.8, 4) is 17.4 Å². The number of pyridine rings is 1. The molecule has 0 atom stereocenters. The zero-order chi connectivity index (χ0) is 22.1. The Kier molecular flexibility index (Phi) is 9.28. The maximum Gasteiger partial charge on any atom is 0.213 e. The van der Waals surface area contributed by atoms with E-state index in [1.54, 1.807) is 18.3 Å². The number of benzene rings is 2. The SMILES string of the molecule is CCOc1cc(CNCCOc2ccccn2)c(Br)cc1OCc1ccc(Cl)c(Cl)c1. The highest BCUT2D eigenvalue weighted by Crippen LogP contribution is 2.34. The molecule has 0 aliphatic rings. The fraction of sp³-hybridized carbons (Fsp3) is 0.261. The van der Waals surface area contributed by atoms with Gasteiger partial charge >= 0.3 is 0 Å². The van der Waals surface area contributed by atoms with E-state index in [1.165, 1.54) is 0 Å². The molecule has 8 heteroatoms. The Hall–Kier alpha value is -1.99. The van der Waals surface area contributed by atoms with Crippen LogP contribution in [-0.4, -0.2) is 24.7 Å². The molecule has 0 saturated carbocycles. The molecule has 1 aromatic heterocycles. The van der Waals surface area contributed by atoms with E-state index in [-0.39, 0.29) is 0 Å². The standard InChI is InChI=1S/C23H23BrCl2N2O3/c1-2-29-21-12-17(14-27-9-10-30-23-5-3-4-8-28-23)18(24)13-22(21)31-15-16-6-7-19(25)20(26)11-16/h3-8,11-13,27H,2,9-10,14-15H2,1H3. The average Bonchev–Trinajstić information content (AvgIpc) is 2.77. The van der Waals surface area contributed by atoms with Gasteiger partial charge in [-0.2, -0.15) is 0 Å². The van der Waals surface area contributed by atoms with E-state index >= 15 is 0 Å². The molecule has 3 aromatic rings. The van der Waals surface area contributed by atoms with Gasteiger partial charge in [0.15, 0.2) is 11.5 Å². The quantitative estimate of drug-likeness (QED) is 0.298. The fourth-order valence-corrected chi connectivity index (χ4v) is 3.55. The van der Waals surface area contributed by atoms with Crippen molar-refractivity contribution in [3.63, 3.8) is 0 Å². The van der Waals surface area contributed by atoms with Crippen LogP contribution in [0.1, 0.15) is 18.1 Å². The summed E-state index contributed by atoms with van der Waals surface area (Å²) in [7, 11) is 0. The molecular formula is C23H23BrCl2N2O3. The Morgan fingerprint density at radius 1 is 0.968 bits per heavy atom. The van der Waals surface area contributed by atoms with E-state index in [2.05, 4.69) is 26.2 Å². The van der Waals surface area contributed by atoms with Crippen molar-refractivity contribution in [1.82, 2.24) is 10.3 Å². The maximum absolute atomic E-state index is 6.09. The lowest BCUT2D eigenvalue weighted by molar-refractivity contribution is 0.268. The highest BCUT2D eigenvalue weighted by Gasteiger charge is 2.12. The minimum absolute atomic E-state index is 0.353. The van der Waals surface area contributed by atoms with Gasteiger partial charge in [-0.25, -0.2) is 4.98 Å². The molecular weight excluding hydrogens is 503 g/mol. The summed E-state index contributed by atoms with van der Waals surface area (Å²) in [5.41, 5.74) is 1.98. The molecule has 1 N–H and O–H groups in total. The van der Waals surface area contributed by atoms with Crippen LogP contribution in [0.2, 0.25) is 10.0 Å². The minimum Gasteiger partial charge on any atom is -0.490 e. The lowest BCUT2D eigenvalue weighted by Gasteiger charge is -2.16. The van der Waals surface area contributed by atoms with Gasteiger partial charge in [0.2, 0.25) is 5.88 Å². The number of hydrogen-bond donors (Lipinski definition) is 1. The lowest BCUT2D eigenvalue weighted by atomic mass is 10.2. The number of halogens is 3. The molecule has 3 rings (SSSR count). The third-order valence-corrected chi connectivity index (χ3v) is 5.75. The zero-order valence-corrected chi connectivity index (χ0v) is 20.1. The Bertz CT molecular complexity index is 990. The Morgan fingerprint density at radius 2 is 1.81 bits per heavy atom. The van der Waals surface area contributed by atoms with E-state index in [0.717, 1.165) is 15.6 Å². The van der Waals surface area contributed by atoms with Gasteiger partial charge in [0.05, 0.1) is 16.7 Å². The van der Waals surface area contributed by atoms with Crippen LogP contribution < -0.4 is 19.5 Å². The second-order valence-electron chi connectivity index (χ2n) is 6.55. The van der Waals surface area contributed by atoms with Crippen molar-refractivity contribution in [3.05, 3.63) is 80.4 Å². The first-order valence-electron chi connectivity index (χ1n) is 9.83. The molecule has 0 fully saturated rings. The molecule has 31 heavy (non-hydrogen) atoms. The van der Waals surface area contributed by atoms with Crippen LogP contribution in [0.4, 0.5) is 0 Å². The van der Waals surface area contributed by atoms with Crippen molar-refractivity contribution in [2.24, 2.45) is 0 Å². The van der Waals surface area contributed by atoms with Crippen molar-refractivity contribution in [2.75, 3.05) is 19.8 Å². The predicted molar refractivity (Wildman–Crippen MR) is 128 cm³/mol. The van der Waals surface area contributed by atoms with E-state index in [0.29, 0.717) is 60.3 Å². The molecule has 5 nitrogen and oxygen atoms in total. The van der Waals surface area contributed by atoms with Crippen LogP contribution >= 0.6 is 39.1 Å². The summed E-state index contributed by atoms with van der Waals surface area (Å²) in [6.45, 7) is 4.69. The van der Waals surface area contributed by atoms with Crippen molar-refractivity contribution < 1.29 is 14.2 Å². The topological polar surface area (TPSA) is 52.6 Å². The summed E-state index contributed by atoms with van der Waals surface area (Å²) >= 11 is 15.7. The molecule has 0 aliphatic heterocycles. The van der Waals surface area contributed by atoms with Crippen LogP contribution in [0.5, 0.6) is 17.4 Å². The average molecular weight is 526 g/mol.